The van der Waals surface area contributed by atoms with Gasteiger partial charge >= 0.3 is 5.97 Å². The minimum atomic E-state index is -0.453. The minimum Gasteiger partial charge on any atom is -0.465 e. The molecule has 0 saturated heterocycles. The Morgan fingerprint density at radius 3 is 2.29 bits per heavy atom. The number of carbonyl (C=O) groups is 4. The van der Waals surface area contributed by atoms with Crippen molar-refractivity contribution in [1.29, 1.82) is 0 Å². The minimum absolute atomic E-state index is 0.0607. The van der Waals surface area contributed by atoms with Crippen LogP contribution in [0.3, 0.4) is 0 Å². The van der Waals surface area contributed by atoms with E-state index in [4.69, 9.17) is 4.74 Å². The molecule has 0 bridgehead atoms. The molecule has 160 valence electrons. The number of aryl methyl sites for hydroxylation is 1. The summed E-state index contributed by atoms with van der Waals surface area (Å²) in [5.41, 5.74) is 2.56. The first-order valence-electron chi connectivity index (χ1n) is 10.4. The molecule has 0 unspecified atom stereocenters. The van der Waals surface area contributed by atoms with Gasteiger partial charge in [0.05, 0.1) is 23.8 Å². The largest absolute Gasteiger partial charge is 0.465 e. The maximum absolute atomic E-state index is 13.0. The van der Waals surface area contributed by atoms with Crippen LogP contribution in [0.5, 0.6) is 0 Å². The van der Waals surface area contributed by atoms with Crippen molar-refractivity contribution in [2.75, 3.05) is 12.4 Å². The van der Waals surface area contributed by atoms with Crippen molar-refractivity contribution in [2.45, 2.75) is 45.1 Å². The predicted octanol–water partition coefficient (Wildman–Crippen LogP) is 3.96. The number of hydrogen-bond acceptors (Lipinski definition) is 5. The molecule has 7 heteroatoms. The molecule has 7 nitrogen and oxygen atoms in total. The third-order valence-corrected chi connectivity index (χ3v) is 6.02. The quantitative estimate of drug-likeness (QED) is 0.597. The second-order valence-electron chi connectivity index (χ2n) is 8.01. The predicted molar refractivity (Wildman–Crippen MR) is 114 cm³/mol. The normalized spacial score (nSPS) is 16.3. The van der Waals surface area contributed by atoms with Gasteiger partial charge in [-0.05, 0) is 61.7 Å². The Balaban J connectivity index is 1.54. The average molecular weight is 420 g/mol. The van der Waals surface area contributed by atoms with Crippen molar-refractivity contribution in [1.82, 2.24) is 4.90 Å². The fourth-order valence-corrected chi connectivity index (χ4v) is 4.31. The maximum Gasteiger partial charge on any atom is 0.337 e. The van der Waals surface area contributed by atoms with E-state index < -0.39 is 11.9 Å². The summed E-state index contributed by atoms with van der Waals surface area (Å²) in [6, 6.07) is 9.38. The molecule has 1 fully saturated rings. The fourth-order valence-electron chi connectivity index (χ4n) is 4.31. The van der Waals surface area contributed by atoms with E-state index >= 15 is 0 Å². The monoisotopic (exact) mass is 420 g/mol. The summed E-state index contributed by atoms with van der Waals surface area (Å²) in [7, 11) is 1.31. The number of ether oxygens (including phenoxy) is 1. The molecule has 0 radical (unpaired) electrons. The Labute approximate surface area is 180 Å². The lowest BCUT2D eigenvalue weighted by atomic mass is 9.94. The van der Waals surface area contributed by atoms with Gasteiger partial charge in [-0.3, -0.25) is 19.3 Å². The van der Waals surface area contributed by atoms with Crippen LogP contribution in [0, 0.1) is 6.92 Å². The van der Waals surface area contributed by atoms with E-state index in [1.807, 2.05) is 0 Å². The van der Waals surface area contributed by atoms with Gasteiger partial charge in [0.25, 0.3) is 17.7 Å². The van der Waals surface area contributed by atoms with Crippen molar-refractivity contribution < 1.29 is 23.9 Å². The lowest BCUT2D eigenvalue weighted by Crippen LogP contribution is -2.40. The number of nitrogens with zero attached hydrogens (tertiary/aromatic N) is 1. The summed E-state index contributed by atoms with van der Waals surface area (Å²) in [6.45, 7) is 1.77. The number of fused-ring (bicyclic) bond motifs is 1. The van der Waals surface area contributed by atoms with E-state index in [1.54, 1.807) is 37.3 Å². The van der Waals surface area contributed by atoms with Gasteiger partial charge in [0, 0.05) is 17.3 Å². The number of rotatable bonds is 4. The Morgan fingerprint density at radius 1 is 0.935 bits per heavy atom. The first kappa shape index (κ1) is 20.8. The van der Waals surface area contributed by atoms with Crippen LogP contribution < -0.4 is 5.32 Å². The lowest BCUT2D eigenvalue weighted by molar-refractivity contribution is 0.0546. The van der Waals surface area contributed by atoms with Crippen molar-refractivity contribution in [3.05, 3.63) is 64.2 Å². The summed E-state index contributed by atoms with van der Waals surface area (Å²) >= 11 is 0. The number of amides is 3. The fraction of sp³-hybridized carbons (Fsp3) is 0.333. The van der Waals surface area contributed by atoms with Gasteiger partial charge < -0.3 is 10.1 Å². The number of anilines is 1. The topological polar surface area (TPSA) is 92.8 Å². The molecule has 0 spiro atoms. The zero-order valence-corrected chi connectivity index (χ0v) is 17.6. The Bertz CT molecular complexity index is 1090. The van der Waals surface area contributed by atoms with Crippen LogP contribution >= 0.6 is 0 Å². The third kappa shape index (κ3) is 3.83. The number of hydrogen-bond donors (Lipinski definition) is 1. The van der Waals surface area contributed by atoms with Gasteiger partial charge in [0.15, 0.2) is 0 Å². The molecule has 1 aliphatic carbocycles. The highest BCUT2D eigenvalue weighted by Gasteiger charge is 2.40. The zero-order chi connectivity index (χ0) is 22.1. The van der Waals surface area contributed by atoms with E-state index in [9.17, 15) is 19.2 Å². The summed E-state index contributed by atoms with van der Waals surface area (Å²) in [5, 5.41) is 2.80. The summed E-state index contributed by atoms with van der Waals surface area (Å²) in [5.74, 6) is -1.44. The van der Waals surface area contributed by atoms with Crippen LogP contribution in [-0.2, 0) is 4.74 Å². The number of methoxy groups -OCH3 is 1. The van der Waals surface area contributed by atoms with Crippen LogP contribution in [0.1, 0.15) is 79.1 Å². The summed E-state index contributed by atoms with van der Waals surface area (Å²) in [4.78, 5) is 51.6. The van der Waals surface area contributed by atoms with E-state index in [0.29, 0.717) is 27.9 Å². The molecule has 4 rings (SSSR count). The van der Waals surface area contributed by atoms with E-state index in [-0.39, 0.29) is 23.4 Å². The molecule has 0 aromatic heterocycles. The van der Waals surface area contributed by atoms with Gasteiger partial charge in [-0.25, -0.2) is 4.79 Å². The zero-order valence-electron chi connectivity index (χ0n) is 17.6. The second-order valence-corrected chi connectivity index (χ2v) is 8.01. The van der Waals surface area contributed by atoms with Crippen LogP contribution in [0.15, 0.2) is 36.4 Å². The molecule has 31 heavy (non-hydrogen) atoms. The number of benzene rings is 2. The number of carbonyl (C=O) groups excluding carboxylic acids is 4. The number of esters is 1. The second kappa shape index (κ2) is 8.34. The summed E-state index contributed by atoms with van der Waals surface area (Å²) in [6.07, 6.45) is 4.82. The van der Waals surface area contributed by atoms with E-state index in [0.717, 1.165) is 32.1 Å². The standard InChI is InChI=1S/C24H24N2O5/c1-14-12-16(24(30)31-2)9-11-20(14)25-21(27)15-8-10-18-19(13-15)23(29)26(22(18)28)17-6-4-3-5-7-17/h8-13,17H,3-7H2,1-2H3,(H,25,27). The third-order valence-electron chi connectivity index (χ3n) is 6.02. The molecule has 1 N–H and O–H groups in total. The van der Waals surface area contributed by atoms with Crippen molar-refractivity contribution in [3.63, 3.8) is 0 Å². The number of nitrogens with one attached hydrogen (secondary N) is 1. The molecule has 0 atom stereocenters. The van der Waals surface area contributed by atoms with Crippen LogP contribution in [0.4, 0.5) is 5.69 Å². The van der Waals surface area contributed by atoms with Crippen molar-refractivity contribution in [3.8, 4) is 0 Å². The van der Waals surface area contributed by atoms with Gasteiger partial charge in [-0.2, -0.15) is 0 Å². The SMILES string of the molecule is COC(=O)c1ccc(NC(=O)c2ccc3c(c2)C(=O)N(C2CCCCC2)C3=O)c(C)c1. The molecule has 2 aromatic rings. The van der Waals surface area contributed by atoms with Gasteiger partial charge in [0.1, 0.15) is 0 Å². The lowest BCUT2D eigenvalue weighted by Gasteiger charge is -2.29. The molecule has 2 aliphatic rings. The first-order valence-corrected chi connectivity index (χ1v) is 10.4. The van der Waals surface area contributed by atoms with Crippen molar-refractivity contribution >= 4 is 29.4 Å². The van der Waals surface area contributed by atoms with Crippen LogP contribution in [0.25, 0.3) is 0 Å². The van der Waals surface area contributed by atoms with Crippen LogP contribution in [-0.4, -0.2) is 41.7 Å². The molecule has 1 saturated carbocycles. The highest BCUT2D eigenvalue weighted by atomic mass is 16.5. The Morgan fingerprint density at radius 2 is 1.61 bits per heavy atom. The molecular weight excluding hydrogens is 396 g/mol. The maximum atomic E-state index is 13.0. The van der Waals surface area contributed by atoms with Crippen LogP contribution in [0.2, 0.25) is 0 Å². The Kier molecular flexibility index (Phi) is 5.59. The van der Waals surface area contributed by atoms with Gasteiger partial charge in [-0.15, -0.1) is 0 Å². The van der Waals surface area contributed by atoms with Crippen molar-refractivity contribution in [2.24, 2.45) is 0 Å². The molecule has 1 aliphatic heterocycles. The first-order chi connectivity index (χ1) is 14.9. The van der Waals surface area contributed by atoms with Gasteiger partial charge in [0.2, 0.25) is 0 Å². The molecule has 3 amide bonds. The number of imide groups is 1. The highest BCUT2D eigenvalue weighted by molar-refractivity contribution is 6.22. The molecular formula is C24H24N2O5. The average Bonchev–Trinajstić information content (AvgIpc) is 3.04. The van der Waals surface area contributed by atoms with E-state index in [2.05, 4.69) is 5.32 Å². The van der Waals surface area contributed by atoms with Gasteiger partial charge in [-0.1, -0.05) is 19.3 Å². The molecule has 2 aromatic carbocycles. The molecule has 1 heterocycles. The summed E-state index contributed by atoms with van der Waals surface area (Å²) < 4.78 is 4.71. The smallest absolute Gasteiger partial charge is 0.337 e. The van der Waals surface area contributed by atoms with E-state index in [1.165, 1.54) is 18.1 Å². The highest BCUT2D eigenvalue weighted by Crippen LogP contribution is 2.31. The Hall–Kier alpha value is -3.48.